The van der Waals surface area contributed by atoms with Gasteiger partial charge in [-0.05, 0) is 24.7 Å². The predicted octanol–water partition coefficient (Wildman–Crippen LogP) is 1.52. The number of pyridine rings is 1. The number of halogens is 1. The van der Waals surface area contributed by atoms with Crippen molar-refractivity contribution in [1.82, 2.24) is 14.6 Å². The maximum Gasteiger partial charge on any atom is 0.161 e. The Morgan fingerprint density at radius 2 is 2.06 bits per heavy atom. The van der Waals surface area contributed by atoms with Gasteiger partial charge in [0.2, 0.25) is 0 Å². The molecule has 5 heteroatoms. The number of nitrogens with zero attached hydrogens (tertiary/aromatic N) is 3. The lowest BCUT2D eigenvalue weighted by Gasteiger charge is -2.04. The van der Waals surface area contributed by atoms with Gasteiger partial charge in [-0.2, -0.15) is 0 Å². The van der Waals surface area contributed by atoms with E-state index in [2.05, 4.69) is 10.2 Å². The van der Waals surface area contributed by atoms with E-state index in [9.17, 15) is 4.39 Å². The Morgan fingerprint density at radius 1 is 1.18 bits per heavy atom. The monoisotopic (exact) mass is 230 g/mol. The summed E-state index contributed by atoms with van der Waals surface area (Å²) in [5, 5.41) is 8.89. The summed E-state index contributed by atoms with van der Waals surface area (Å²) in [7, 11) is 0. The fraction of sp³-hybridized carbons (Fsp3) is 0.167. The van der Waals surface area contributed by atoms with Crippen LogP contribution in [0.5, 0.6) is 0 Å². The van der Waals surface area contributed by atoms with Crippen molar-refractivity contribution >= 4 is 16.6 Å². The molecule has 0 saturated carbocycles. The number of benzene rings is 1. The van der Waals surface area contributed by atoms with Gasteiger partial charge in [-0.25, -0.2) is 4.39 Å². The summed E-state index contributed by atoms with van der Waals surface area (Å²) >= 11 is 0. The van der Waals surface area contributed by atoms with E-state index in [-0.39, 0.29) is 5.82 Å². The molecule has 86 valence electrons. The Kier molecular flexibility index (Phi) is 2.26. The lowest BCUT2D eigenvalue weighted by atomic mass is 10.2. The summed E-state index contributed by atoms with van der Waals surface area (Å²) in [6.45, 7) is 0.464. The van der Waals surface area contributed by atoms with Crippen molar-refractivity contribution in [1.29, 1.82) is 0 Å². The molecule has 2 N–H and O–H groups in total. The molecular weight excluding hydrogens is 219 g/mol. The summed E-state index contributed by atoms with van der Waals surface area (Å²) in [6, 6.07) is 8.66. The van der Waals surface area contributed by atoms with E-state index in [1.54, 1.807) is 10.5 Å². The van der Waals surface area contributed by atoms with Gasteiger partial charge >= 0.3 is 0 Å². The first-order valence-electron chi connectivity index (χ1n) is 5.42. The zero-order valence-electron chi connectivity index (χ0n) is 9.10. The summed E-state index contributed by atoms with van der Waals surface area (Å²) in [5.41, 5.74) is 6.67. The quantitative estimate of drug-likeness (QED) is 0.726. The molecule has 17 heavy (non-hydrogen) atoms. The SMILES string of the molecule is NCCc1nnc2ccc3cccc(F)c3n12. The maximum absolute atomic E-state index is 13.9. The maximum atomic E-state index is 13.9. The van der Waals surface area contributed by atoms with Crippen molar-refractivity contribution in [2.24, 2.45) is 5.73 Å². The lowest BCUT2D eigenvalue weighted by Crippen LogP contribution is -2.07. The molecule has 0 aliphatic carbocycles. The van der Waals surface area contributed by atoms with Crippen LogP contribution in [0.3, 0.4) is 0 Å². The molecule has 2 aromatic heterocycles. The second-order valence-corrected chi connectivity index (χ2v) is 3.86. The minimum atomic E-state index is -0.272. The molecule has 0 aliphatic rings. The smallest absolute Gasteiger partial charge is 0.161 e. The highest BCUT2D eigenvalue weighted by molar-refractivity contribution is 5.82. The number of rotatable bonds is 2. The zero-order chi connectivity index (χ0) is 11.8. The van der Waals surface area contributed by atoms with Crippen LogP contribution in [-0.4, -0.2) is 21.1 Å². The molecule has 0 atom stereocenters. The lowest BCUT2D eigenvalue weighted by molar-refractivity contribution is 0.634. The van der Waals surface area contributed by atoms with Gasteiger partial charge in [-0.15, -0.1) is 10.2 Å². The number of para-hydroxylation sites is 1. The fourth-order valence-corrected chi connectivity index (χ4v) is 2.04. The standard InChI is InChI=1S/C12H11FN4/c13-9-3-1-2-8-4-5-10-15-16-11(6-7-14)17(10)12(8)9/h1-5H,6-7,14H2. The zero-order valence-corrected chi connectivity index (χ0v) is 9.10. The van der Waals surface area contributed by atoms with Crippen molar-refractivity contribution in [2.75, 3.05) is 6.54 Å². The van der Waals surface area contributed by atoms with E-state index in [1.165, 1.54) is 6.07 Å². The molecule has 0 saturated heterocycles. The molecule has 0 unspecified atom stereocenters. The molecule has 2 heterocycles. The summed E-state index contributed by atoms with van der Waals surface area (Å²) in [6.07, 6.45) is 0.578. The van der Waals surface area contributed by atoms with Crippen LogP contribution in [0.1, 0.15) is 5.82 Å². The predicted molar refractivity (Wildman–Crippen MR) is 63.2 cm³/mol. The average molecular weight is 230 g/mol. The third-order valence-electron chi connectivity index (χ3n) is 2.78. The van der Waals surface area contributed by atoms with Gasteiger partial charge in [0.1, 0.15) is 11.6 Å². The fourth-order valence-electron chi connectivity index (χ4n) is 2.04. The molecule has 0 bridgehead atoms. The van der Waals surface area contributed by atoms with Crippen molar-refractivity contribution in [3.63, 3.8) is 0 Å². The van der Waals surface area contributed by atoms with Gasteiger partial charge in [0, 0.05) is 11.8 Å². The largest absolute Gasteiger partial charge is 0.330 e. The third kappa shape index (κ3) is 1.47. The normalized spacial score (nSPS) is 11.4. The number of hydrogen-bond acceptors (Lipinski definition) is 3. The molecular formula is C12H11FN4. The van der Waals surface area contributed by atoms with Crippen LogP contribution in [0, 0.1) is 5.82 Å². The highest BCUT2D eigenvalue weighted by atomic mass is 19.1. The summed E-state index contributed by atoms with van der Waals surface area (Å²) in [5.74, 6) is 0.421. The molecule has 0 aliphatic heterocycles. The van der Waals surface area contributed by atoms with Gasteiger partial charge in [-0.1, -0.05) is 12.1 Å². The van der Waals surface area contributed by atoms with Gasteiger partial charge in [0.25, 0.3) is 0 Å². The van der Waals surface area contributed by atoms with Crippen molar-refractivity contribution in [3.05, 3.63) is 42.0 Å². The van der Waals surface area contributed by atoms with Crippen LogP contribution < -0.4 is 5.73 Å². The van der Waals surface area contributed by atoms with Gasteiger partial charge in [0.15, 0.2) is 5.65 Å². The average Bonchev–Trinajstić information content (AvgIpc) is 2.73. The first-order chi connectivity index (χ1) is 8.31. The van der Waals surface area contributed by atoms with Gasteiger partial charge in [-0.3, -0.25) is 4.40 Å². The second kappa shape index (κ2) is 3.78. The van der Waals surface area contributed by atoms with E-state index in [4.69, 9.17) is 5.73 Å². The van der Waals surface area contributed by atoms with Crippen molar-refractivity contribution in [2.45, 2.75) is 6.42 Å². The Hall–Kier alpha value is -2.01. The molecule has 4 nitrogen and oxygen atoms in total. The molecule has 1 aromatic carbocycles. The molecule has 0 amide bonds. The molecule has 0 radical (unpaired) electrons. The van der Waals surface area contributed by atoms with E-state index in [1.807, 2.05) is 18.2 Å². The number of hydrogen-bond donors (Lipinski definition) is 1. The van der Waals surface area contributed by atoms with Crippen LogP contribution in [0.2, 0.25) is 0 Å². The highest BCUT2D eigenvalue weighted by Gasteiger charge is 2.10. The van der Waals surface area contributed by atoms with Gasteiger partial charge < -0.3 is 5.73 Å². The second-order valence-electron chi connectivity index (χ2n) is 3.86. The molecule has 0 fully saturated rings. The Bertz CT molecular complexity index is 689. The van der Waals surface area contributed by atoms with E-state index in [0.29, 0.717) is 30.0 Å². The first kappa shape index (κ1) is 10.2. The van der Waals surface area contributed by atoms with Crippen molar-refractivity contribution < 1.29 is 4.39 Å². The number of nitrogens with two attached hydrogens (primary N) is 1. The Labute approximate surface area is 96.9 Å². The third-order valence-corrected chi connectivity index (χ3v) is 2.78. The summed E-state index contributed by atoms with van der Waals surface area (Å²) < 4.78 is 15.6. The van der Waals surface area contributed by atoms with Crippen LogP contribution in [0.15, 0.2) is 30.3 Å². The molecule has 0 spiro atoms. The van der Waals surface area contributed by atoms with E-state index < -0.39 is 0 Å². The van der Waals surface area contributed by atoms with E-state index in [0.717, 1.165) is 5.39 Å². The molecule has 3 rings (SSSR count). The van der Waals surface area contributed by atoms with E-state index >= 15 is 0 Å². The Morgan fingerprint density at radius 3 is 2.88 bits per heavy atom. The number of aromatic nitrogens is 3. The van der Waals surface area contributed by atoms with Crippen LogP contribution >= 0.6 is 0 Å². The van der Waals surface area contributed by atoms with Gasteiger partial charge in [0.05, 0.1) is 5.52 Å². The number of fused-ring (bicyclic) bond motifs is 3. The van der Waals surface area contributed by atoms with Crippen LogP contribution in [0.25, 0.3) is 16.6 Å². The minimum Gasteiger partial charge on any atom is -0.330 e. The topological polar surface area (TPSA) is 56.2 Å². The minimum absolute atomic E-state index is 0.272. The first-order valence-corrected chi connectivity index (χ1v) is 5.42. The van der Waals surface area contributed by atoms with Crippen LogP contribution in [-0.2, 0) is 6.42 Å². The van der Waals surface area contributed by atoms with Crippen molar-refractivity contribution in [3.8, 4) is 0 Å². The molecule has 3 aromatic rings. The summed E-state index contributed by atoms with van der Waals surface area (Å²) in [4.78, 5) is 0. The van der Waals surface area contributed by atoms with Crippen LogP contribution in [0.4, 0.5) is 4.39 Å². The Balaban J connectivity index is 2.47. The highest BCUT2D eigenvalue weighted by Crippen LogP contribution is 2.20.